The summed E-state index contributed by atoms with van der Waals surface area (Å²) in [6.45, 7) is 6.00. The summed E-state index contributed by atoms with van der Waals surface area (Å²) in [5.41, 5.74) is 1.78. The molecule has 8 heteroatoms. The maximum absolute atomic E-state index is 13.1. The van der Waals surface area contributed by atoms with Crippen molar-refractivity contribution in [3.05, 3.63) is 68.7 Å². The number of thioether (sulfide) groups is 1. The maximum atomic E-state index is 13.1. The van der Waals surface area contributed by atoms with E-state index in [4.69, 9.17) is 34.8 Å². The molecule has 2 rings (SSSR count). The first-order valence-corrected chi connectivity index (χ1v) is 12.4. The number of amides is 2. The van der Waals surface area contributed by atoms with E-state index >= 15 is 0 Å². The minimum absolute atomic E-state index is 0.0412. The lowest BCUT2D eigenvalue weighted by Crippen LogP contribution is -2.50. The largest absolute Gasteiger partial charge is 0.352 e. The predicted molar refractivity (Wildman–Crippen MR) is 132 cm³/mol. The van der Waals surface area contributed by atoms with Crippen molar-refractivity contribution >= 4 is 58.4 Å². The Balaban J connectivity index is 2.10. The molecule has 4 nitrogen and oxygen atoms in total. The Morgan fingerprint density at radius 2 is 1.77 bits per heavy atom. The third-order valence-electron chi connectivity index (χ3n) is 4.91. The van der Waals surface area contributed by atoms with Crippen molar-refractivity contribution in [3.8, 4) is 0 Å². The first-order valence-electron chi connectivity index (χ1n) is 10.1. The van der Waals surface area contributed by atoms with Crippen molar-refractivity contribution in [1.82, 2.24) is 10.2 Å². The second-order valence-corrected chi connectivity index (χ2v) is 9.64. The van der Waals surface area contributed by atoms with Gasteiger partial charge in [-0.05, 0) is 55.7 Å². The third kappa shape index (κ3) is 8.23. The van der Waals surface area contributed by atoms with E-state index in [2.05, 4.69) is 5.32 Å². The van der Waals surface area contributed by atoms with E-state index in [1.165, 1.54) is 11.8 Å². The maximum Gasteiger partial charge on any atom is 0.242 e. The average Bonchev–Trinajstić information content (AvgIpc) is 2.72. The van der Waals surface area contributed by atoms with Crippen LogP contribution in [0.5, 0.6) is 0 Å². The molecule has 0 spiro atoms. The lowest BCUT2D eigenvalue weighted by molar-refractivity contribution is -0.138. The standard InChI is InChI=1S/C23H27Cl3N2O2S/c1-4-15(2)27-23(30)16(3)28(12-17-6-5-7-19(24)10-17)22(29)14-31-13-18-8-9-20(25)11-21(18)26/h5-11,15-16H,4,12-14H2,1-3H3,(H,27,30)/t15-,16+/m1/s1. The van der Waals surface area contributed by atoms with Gasteiger partial charge in [-0.15, -0.1) is 11.8 Å². The third-order valence-corrected chi connectivity index (χ3v) is 6.70. The molecule has 0 fully saturated rings. The SMILES string of the molecule is CC[C@@H](C)NC(=O)[C@H](C)N(Cc1cccc(Cl)c1)C(=O)CSCc1ccc(Cl)cc1Cl. The van der Waals surface area contributed by atoms with E-state index in [9.17, 15) is 9.59 Å². The Morgan fingerprint density at radius 1 is 1.06 bits per heavy atom. The van der Waals surface area contributed by atoms with Crippen molar-refractivity contribution in [2.75, 3.05) is 5.75 Å². The molecular formula is C23H27Cl3N2O2S. The van der Waals surface area contributed by atoms with Crippen molar-refractivity contribution in [2.45, 2.75) is 51.6 Å². The molecule has 0 bridgehead atoms. The zero-order chi connectivity index (χ0) is 23.0. The number of carbonyl (C=O) groups is 2. The van der Waals surface area contributed by atoms with Crippen LogP contribution in [0.2, 0.25) is 15.1 Å². The number of carbonyl (C=O) groups excluding carboxylic acids is 2. The Hall–Kier alpha value is -1.40. The highest BCUT2D eigenvalue weighted by Crippen LogP contribution is 2.25. The summed E-state index contributed by atoms with van der Waals surface area (Å²) < 4.78 is 0. The van der Waals surface area contributed by atoms with Gasteiger partial charge in [-0.1, -0.05) is 59.9 Å². The van der Waals surface area contributed by atoms with Crippen LogP contribution >= 0.6 is 46.6 Å². The number of benzene rings is 2. The van der Waals surface area contributed by atoms with Crippen LogP contribution in [-0.2, 0) is 21.9 Å². The van der Waals surface area contributed by atoms with Gasteiger partial charge >= 0.3 is 0 Å². The number of hydrogen-bond acceptors (Lipinski definition) is 3. The van der Waals surface area contributed by atoms with Gasteiger partial charge < -0.3 is 10.2 Å². The quantitative estimate of drug-likeness (QED) is 0.421. The van der Waals surface area contributed by atoms with Gasteiger partial charge in [-0.3, -0.25) is 9.59 Å². The number of hydrogen-bond donors (Lipinski definition) is 1. The lowest BCUT2D eigenvalue weighted by atomic mass is 10.1. The van der Waals surface area contributed by atoms with Gasteiger partial charge in [0.25, 0.3) is 0 Å². The topological polar surface area (TPSA) is 49.4 Å². The number of halogens is 3. The molecule has 2 atom stereocenters. The first-order chi connectivity index (χ1) is 14.7. The second kappa shape index (κ2) is 12.6. The van der Waals surface area contributed by atoms with Gasteiger partial charge in [0.05, 0.1) is 5.75 Å². The molecule has 0 heterocycles. The molecule has 31 heavy (non-hydrogen) atoms. The van der Waals surface area contributed by atoms with Crippen LogP contribution < -0.4 is 5.32 Å². The predicted octanol–water partition coefficient (Wildman–Crippen LogP) is 6.21. The van der Waals surface area contributed by atoms with Crippen LogP contribution in [0.25, 0.3) is 0 Å². The minimum atomic E-state index is -0.611. The van der Waals surface area contributed by atoms with E-state index in [-0.39, 0.29) is 23.6 Å². The van der Waals surface area contributed by atoms with Crippen LogP contribution in [0.3, 0.4) is 0 Å². The normalized spacial score (nSPS) is 12.8. The van der Waals surface area contributed by atoms with Gasteiger partial charge in [0.2, 0.25) is 11.8 Å². The van der Waals surface area contributed by atoms with Crippen molar-refractivity contribution in [3.63, 3.8) is 0 Å². The fourth-order valence-electron chi connectivity index (χ4n) is 2.85. The van der Waals surface area contributed by atoms with Crippen molar-refractivity contribution in [1.29, 1.82) is 0 Å². The Kier molecular flexibility index (Phi) is 10.5. The molecule has 0 saturated heterocycles. The highest BCUT2D eigenvalue weighted by Gasteiger charge is 2.26. The Bertz CT molecular complexity index is 910. The summed E-state index contributed by atoms with van der Waals surface area (Å²) in [6, 6.07) is 12.1. The lowest BCUT2D eigenvalue weighted by Gasteiger charge is -2.29. The van der Waals surface area contributed by atoms with E-state index in [0.29, 0.717) is 27.4 Å². The van der Waals surface area contributed by atoms with E-state index in [1.54, 1.807) is 30.0 Å². The summed E-state index contributed by atoms with van der Waals surface area (Å²) in [5.74, 6) is 0.498. The molecule has 0 aliphatic heterocycles. The molecule has 0 radical (unpaired) electrons. The van der Waals surface area contributed by atoms with Crippen LogP contribution in [0.15, 0.2) is 42.5 Å². The summed E-state index contributed by atoms with van der Waals surface area (Å²) >= 11 is 19.7. The molecule has 1 N–H and O–H groups in total. The van der Waals surface area contributed by atoms with Gasteiger partial charge in [0.1, 0.15) is 6.04 Å². The molecule has 0 unspecified atom stereocenters. The Morgan fingerprint density at radius 3 is 2.42 bits per heavy atom. The van der Waals surface area contributed by atoms with Gasteiger partial charge in [0, 0.05) is 33.4 Å². The van der Waals surface area contributed by atoms with Crippen LogP contribution in [0.4, 0.5) is 0 Å². The van der Waals surface area contributed by atoms with E-state index in [0.717, 1.165) is 17.5 Å². The smallest absolute Gasteiger partial charge is 0.242 e. The van der Waals surface area contributed by atoms with Crippen LogP contribution in [-0.4, -0.2) is 34.6 Å². The van der Waals surface area contributed by atoms with Crippen LogP contribution in [0, 0.1) is 0 Å². The highest BCUT2D eigenvalue weighted by molar-refractivity contribution is 7.99. The molecule has 0 saturated carbocycles. The number of nitrogens with one attached hydrogen (secondary N) is 1. The first kappa shape index (κ1) is 25.9. The Labute approximate surface area is 203 Å². The molecule has 0 aliphatic carbocycles. The minimum Gasteiger partial charge on any atom is -0.352 e. The zero-order valence-electron chi connectivity index (χ0n) is 17.8. The fraction of sp³-hybridized carbons (Fsp3) is 0.391. The molecule has 0 aliphatic rings. The molecular weight excluding hydrogens is 475 g/mol. The molecule has 168 valence electrons. The zero-order valence-corrected chi connectivity index (χ0v) is 20.9. The number of nitrogens with zero attached hydrogens (tertiary/aromatic N) is 1. The van der Waals surface area contributed by atoms with E-state index in [1.807, 2.05) is 38.1 Å². The molecule has 0 aromatic heterocycles. The van der Waals surface area contributed by atoms with Crippen molar-refractivity contribution in [2.24, 2.45) is 0 Å². The summed E-state index contributed by atoms with van der Waals surface area (Å²) in [5, 5.41) is 4.70. The average molecular weight is 502 g/mol. The number of rotatable bonds is 10. The highest BCUT2D eigenvalue weighted by atomic mass is 35.5. The second-order valence-electron chi connectivity index (χ2n) is 7.37. The summed E-state index contributed by atoms with van der Waals surface area (Å²) in [4.78, 5) is 27.4. The molecule has 2 aromatic carbocycles. The fourth-order valence-corrected chi connectivity index (χ4v) is 4.53. The molecule has 2 aromatic rings. The van der Waals surface area contributed by atoms with Gasteiger partial charge in [-0.25, -0.2) is 0 Å². The van der Waals surface area contributed by atoms with Gasteiger partial charge in [-0.2, -0.15) is 0 Å². The van der Waals surface area contributed by atoms with E-state index < -0.39 is 6.04 Å². The van der Waals surface area contributed by atoms with Gasteiger partial charge in [0.15, 0.2) is 0 Å². The monoisotopic (exact) mass is 500 g/mol. The van der Waals surface area contributed by atoms with Crippen LogP contribution in [0.1, 0.15) is 38.3 Å². The summed E-state index contributed by atoms with van der Waals surface area (Å²) in [7, 11) is 0. The molecule has 2 amide bonds. The summed E-state index contributed by atoms with van der Waals surface area (Å²) in [6.07, 6.45) is 0.818. The van der Waals surface area contributed by atoms with Crippen molar-refractivity contribution < 1.29 is 9.59 Å².